The third-order valence-electron chi connectivity index (χ3n) is 2.66. The summed E-state index contributed by atoms with van der Waals surface area (Å²) in [7, 11) is 4.26. The predicted octanol–water partition coefficient (Wildman–Crippen LogP) is 3.61. The van der Waals surface area contributed by atoms with Crippen molar-refractivity contribution in [1.82, 2.24) is 0 Å². The van der Waals surface area contributed by atoms with Gasteiger partial charge in [0.05, 0.1) is 30.7 Å². The highest BCUT2D eigenvalue weighted by molar-refractivity contribution is 6.37. The third kappa shape index (κ3) is 5.31. The van der Waals surface area contributed by atoms with Crippen LogP contribution in [0.5, 0.6) is 5.75 Å². The Morgan fingerprint density at radius 2 is 1.84 bits per heavy atom. The van der Waals surface area contributed by atoms with Crippen LogP contribution in [0, 0.1) is 0 Å². The number of quaternary nitrogens is 1. The lowest BCUT2D eigenvalue weighted by Crippen LogP contribution is -2.43. The molecule has 106 valence electrons. The summed E-state index contributed by atoms with van der Waals surface area (Å²) in [5.74, 6) is 0.493. The van der Waals surface area contributed by atoms with Gasteiger partial charge in [0.15, 0.2) is 5.75 Å². The second-order valence-corrected chi connectivity index (χ2v) is 6.25. The van der Waals surface area contributed by atoms with E-state index < -0.39 is 0 Å². The molecule has 0 unspecified atom stereocenters. The molecule has 3 nitrogen and oxygen atoms in total. The SMILES string of the molecule is C=C(C)C[N+](C)(C)CCOc1c(Cl)cc(N)cc1Cl. The van der Waals surface area contributed by atoms with Crippen LogP contribution in [0.25, 0.3) is 0 Å². The monoisotopic (exact) mass is 303 g/mol. The fourth-order valence-electron chi connectivity index (χ4n) is 1.92. The molecule has 0 aliphatic rings. The lowest BCUT2D eigenvalue weighted by molar-refractivity contribution is -0.885. The van der Waals surface area contributed by atoms with E-state index in [1.165, 1.54) is 0 Å². The number of anilines is 1. The number of benzene rings is 1. The lowest BCUT2D eigenvalue weighted by atomic mass is 10.3. The van der Waals surface area contributed by atoms with Crippen molar-refractivity contribution >= 4 is 28.9 Å². The van der Waals surface area contributed by atoms with Crippen LogP contribution < -0.4 is 10.5 Å². The van der Waals surface area contributed by atoms with Gasteiger partial charge in [-0.05, 0) is 24.6 Å². The van der Waals surface area contributed by atoms with Crippen molar-refractivity contribution in [1.29, 1.82) is 0 Å². The Bertz CT molecular complexity index is 450. The first kappa shape index (κ1) is 16.2. The predicted molar refractivity (Wildman–Crippen MR) is 83.0 cm³/mol. The van der Waals surface area contributed by atoms with Crippen molar-refractivity contribution < 1.29 is 9.22 Å². The molecule has 19 heavy (non-hydrogen) atoms. The summed E-state index contributed by atoms with van der Waals surface area (Å²) in [4.78, 5) is 0. The van der Waals surface area contributed by atoms with Crippen molar-refractivity contribution in [3.8, 4) is 5.75 Å². The zero-order valence-corrected chi connectivity index (χ0v) is 13.2. The molecule has 0 atom stereocenters. The van der Waals surface area contributed by atoms with Gasteiger partial charge in [0.1, 0.15) is 13.2 Å². The van der Waals surface area contributed by atoms with Crippen molar-refractivity contribution in [2.24, 2.45) is 0 Å². The molecule has 5 heteroatoms. The fourth-order valence-corrected chi connectivity index (χ4v) is 2.54. The van der Waals surface area contributed by atoms with E-state index in [1.54, 1.807) is 12.1 Å². The molecule has 2 N–H and O–H groups in total. The highest BCUT2D eigenvalue weighted by atomic mass is 35.5. The van der Waals surface area contributed by atoms with Gasteiger partial charge in [-0.1, -0.05) is 29.8 Å². The third-order valence-corrected chi connectivity index (χ3v) is 3.22. The number of nitrogen functional groups attached to an aromatic ring is 1. The quantitative estimate of drug-likeness (QED) is 0.495. The highest BCUT2D eigenvalue weighted by Gasteiger charge is 2.16. The van der Waals surface area contributed by atoms with Crippen LogP contribution in [0.15, 0.2) is 24.3 Å². The standard InChI is InChI=1S/C14H21Cl2N2O/c1-10(2)9-18(3,4)5-6-19-14-12(15)7-11(17)8-13(14)16/h7-8H,1,5-6,9,17H2,2-4H3/q+1. The average Bonchev–Trinajstić information content (AvgIpc) is 2.19. The Morgan fingerprint density at radius 3 is 2.32 bits per heavy atom. The van der Waals surface area contributed by atoms with Crippen LogP contribution in [-0.2, 0) is 0 Å². The molecule has 0 spiro atoms. The first-order valence-electron chi connectivity index (χ1n) is 6.05. The number of hydrogen-bond donors (Lipinski definition) is 1. The summed E-state index contributed by atoms with van der Waals surface area (Å²) in [6, 6.07) is 3.27. The molecule has 0 aromatic heterocycles. The normalized spacial score (nSPS) is 11.4. The van der Waals surface area contributed by atoms with Crippen LogP contribution in [0.3, 0.4) is 0 Å². The molecular weight excluding hydrogens is 283 g/mol. The number of nitrogens with two attached hydrogens (primary N) is 1. The summed E-state index contributed by atoms with van der Waals surface area (Å²) in [6.07, 6.45) is 0. The molecule has 0 saturated carbocycles. The Kier molecular flexibility index (Phi) is 5.53. The minimum atomic E-state index is 0.440. The zero-order chi connectivity index (χ0) is 14.6. The van der Waals surface area contributed by atoms with Gasteiger partial charge in [-0.2, -0.15) is 0 Å². The minimum Gasteiger partial charge on any atom is -0.485 e. The van der Waals surface area contributed by atoms with E-state index in [-0.39, 0.29) is 0 Å². The van der Waals surface area contributed by atoms with Crippen LogP contribution in [0.4, 0.5) is 5.69 Å². The van der Waals surface area contributed by atoms with Crippen molar-refractivity contribution in [3.63, 3.8) is 0 Å². The van der Waals surface area contributed by atoms with E-state index in [2.05, 4.69) is 20.7 Å². The van der Waals surface area contributed by atoms with Gasteiger partial charge in [0.25, 0.3) is 0 Å². The Labute approximate surface area is 125 Å². The summed E-state index contributed by atoms with van der Waals surface area (Å²) in [5.41, 5.74) is 7.32. The molecule has 1 rings (SSSR count). The van der Waals surface area contributed by atoms with E-state index in [4.69, 9.17) is 33.7 Å². The molecule has 0 heterocycles. The number of rotatable bonds is 6. The summed E-state index contributed by atoms with van der Waals surface area (Å²) < 4.78 is 6.48. The number of halogens is 2. The van der Waals surface area contributed by atoms with Crippen LogP contribution in [-0.4, -0.2) is 38.3 Å². The largest absolute Gasteiger partial charge is 0.485 e. The molecule has 1 aromatic carbocycles. The van der Waals surface area contributed by atoms with Gasteiger partial charge in [-0.15, -0.1) is 0 Å². The van der Waals surface area contributed by atoms with E-state index >= 15 is 0 Å². The molecule has 1 aromatic rings. The smallest absolute Gasteiger partial charge is 0.156 e. The molecule has 0 aliphatic carbocycles. The van der Waals surface area contributed by atoms with Crippen molar-refractivity contribution in [3.05, 3.63) is 34.3 Å². The van der Waals surface area contributed by atoms with Gasteiger partial charge in [0, 0.05) is 5.69 Å². The van der Waals surface area contributed by atoms with Gasteiger partial charge in [-0.3, -0.25) is 0 Å². The Balaban J connectivity index is 2.61. The Morgan fingerprint density at radius 1 is 1.32 bits per heavy atom. The number of hydrogen-bond acceptors (Lipinski definition) is 2. The summed E-state index contributed by atoms with van der Waals surface area (Å²) in [6.45, 7) is 8.23. The van der Waals surface area contributed by atoms with E-state index in [0.717, 1.165) is 23.1 Å². The van der Waals surface area contributed by atoms with Crippen LogP contribution in [0.2, 0.25) is 10.0 Å². The second-order valence-electron chi connectivity index (χ2n) is 5.44. The second kappa shape index (κ2) is 6.51. The maximum absolute atomic E-state index is 6.06. The van der Waals surface area contributed by atoms with Gasteiger partial charge < -0.3 is 15.0 Å². The number of ether oxygens (including phenoxy) is 1. The summed E-state index contributed by atoms with van der Waals surface area (Å²) >= 11 is 12.1. The molecule has 0 saturated heterocycles. The molecular formula is C14H21Cl2N2O+. The topological polar surface area (TPSA) is 35.2 Å². The fraction of sp³-hybridized carbons (Fsp3) is 0.429. The number of nitrogens with zero attached hydrogens (tertiary/aromatic N) is 1. The minimum absolute atomic E-state index is 0.440. The zero-order valence-electron chi connectivity index (χ0n) is 11.7. The maximum Gasteiger partial charge on any atom is 0.156 e. The summed E-state index contributed by atoms with van der Waals surface area (Å²) in [5, 5.41) is 0.880. The first-order valence-corrected chi connectivity index (χ1v) is 6.80. The maximum atomic E-state index is 6.06. The molecule has 0 aliphatic heterocycles. The van der Waals surface area contributed by atoms with Crippen LogP contribution >= 0.6 is 23.2 Å². The van der Waals surface area contributed by atoms with Gasteiger partial charge in [0.2, 0.25) is 0 Å². The van der Waals surface area contributed by atoms with Crippen molar-refractivity contribution in [2.75, 3.05) is 39.5 Å². The molecule has 0 amide bonds. The lowest BCUT2D eigenvalue weighted by Gasteiger charge is -2.29. The Hall–Kier alpha value is -0.900. The van der Waals surface area contributed by atoms with Crippen molar-refractivity contribution in [2.45, 2.75) is 6.92 Å². The number of likely N-dealkylation sites (N-methyl/N-ethyl adjacent to an activating group) is 1. The van der Waals surface area contributed by atoms with Gasteiger partial charge in [-0.25, -0.2) is 0 Å². The molecule has 0 fully saturated rings. The first-order chi connectivity index (χ1) is 8.71. The highest BCUT2D eigenvalue weighted by Crippen LogP contribution is 2.35. The van der Waals surface area contributed by atoms with Crippen LogP contribution in [0.1, 0.15) is 6.92 Å². The van der Waals surface area contributed by atoms with E-state index in [9.17, 15) is 0 Å². The average molecular weight is 304 g/mol. The van der Waals surface area contributed by atoms with Gasteiger partial charge >= 0.3 is 0 Å². The van der Waals surface area contributed by atoms with E-state index in [0.29, 0.717) is 28.1 Å². The van der Waals surface area contributed by atoms with E-state index in [1.807, 2.05) is 6.92 Å². The molecule has 0 radical (unpaired) electrons. The molecule has 0 bridgehead atoms.